The Labute approximate surface area is 148 Å². The largest absolute Gasteiger partial charge is 0.416 e. The summed E-state index contributed by atoms with van der Waals surface area (Å²) in [4.78, 5) is 13.8. The molecule has 0 aliphatic rings. The molecular formula is C18H17ClF3NO2. The fourth-order valence-corrected chi connectivity index (χ4v) is 2.63. The molecule has 0 saturated heterocycles. The van der Waals surface area contributed by atoms with E-state index < -0.39 is 11.7 Å². The molecule has 134 valence electrons. The minimum absolute atomic E-state index is 0.0876. The highest BCUT2D eigenvalue weighted by Crippen LogP contribution is 2.29. The second-order valence-corrected chi connectivity index (χ2v) is 5.98. The number of amides is 1. The van der Waals surface area contributed by atoms with Gasteiger partial charge in [-0.25, -0.2) is 0 Å². The number of hydrogen-bond donors (Lipinski definition) is 1. The van der Waals surface area contributed by atoms with Crippen LogP contribution in [-0.4, -0.2) is 29.1 Å². The van der Waals surface area contributed by atoms with Gasteiger partial charge >= 0.3 is 6.18 Å². The molecule has 2 aromatic rings. The van der Waals surface area contributed by atoms with Crippen LogP contribution >= 0.6 is 11.6 Å². The van der Waals surface area contributed by atoms with Crippen LogP contribution in [0, 0.1) is 0 Å². The normalized spacial score (nSPS) is 11.4. The zero-order valence-electron chi connectivity index (χ0n) is 13.3. The van der Waals surface area contributed by atoms with E-state index in [9.17, 15) is 18.0 Å². The van der Waals surface area contributed by atoms with Gasteiger partial charge in [0.1, 0.15) is 0 Å². The van der Waals surface area contributed by atoms with Crippen molar-refractivity contribution in [1.82, 2.24) is 4.90 Å². The van der Waals surface area contributed by atoms with Crippen LogP contribution < -0.4 is 0 Å². The molecule has 0 saturated carbocycles. The van der Waals surface area contributed by atoms with Crippen molar-refractivity contribution in [1.29, 1.82) is 0 Å². The lowest BCUT2D eigenvalue weighted by molar-refractivity contribution is -0.138. The summed E-state index contributed by atoms with van der Waals surface area (Å²) in [6.07, 6.45) is -4.63. The van der Waals surface area contributed by atoms with Crippen molar-refractivity contribution in [2.45, 2.75) is 19.1 Å². The quantitative estimate of drug-likeness (QED) is 0.836. The van der Waals surface area contributed by atoms with Crippen molar-refractivity contribution in [3.05, 3.63) is 70.2 Å². The molecular weight excluding hydrogens is 355 g/mol. The van der Waals surface area contributed by atoms with E-state index in [-0.39, 0.29) is 37.6 Å². The first kappa shape index (κ1) is 19.3. The molecule has 0 aromatic heterocycles. The van der Waals surface area contributed by atoms with Crippen LogP contribution in [0.15, 0.2) is 48.5 Å². The molecule has 0 heterocycles. The number of hydrogen-bond acceptors (Lipinski definition) is 2. The lowest BCUT2D eigenvalue weighted by atomic mass is 10.1. The predicted octanol–water partition coefficient (Wildman–Crippen LogP) is 3.92. The van der Waals surface area contributed by atoms with Crippen LogP contribution in [0.3, 0.4) is 0 Å². The van der Waals surface area contributed by atoms with Crippen molar-refractivity contribution in [2.75, 3.05) is 13.2 Å². The third-order valence-electron chi connectivity index (χ3n) is 3.59. The number of carbonyl (C=O) groups is 1. The molecule has 2 aromatic carbocycles. The highest BCUT2D eigenvalue weighted by molar-refractivity contribution is 6.30. The summed E-state index contributed by atoms with van der Waals surface area (Å²) < 4.78 is 38.3. The molecule has 2 rings (SSSR count). The summed E-state index contributed by atoms with van der Waals surface area (Å²) >= 11 is 5.92. The SMILES string of the molecule is O=C(Cc1cccc(C(F)(F)F)c1)N(CCO)Cc1cccc(Cl)c1. The van der Waals surface area contributed by atoms with Crippen LogP contribution in [0.2, 0.25) is 5.02 Å². The van der Waals surface area contributed by atoms with E-state index in [1.54, 1.807) is 24.3 Å². The Morgan fingerprint density at radius 1 is 1.08 bits per heavy atom. The van der Waals surface area contributed by atoms with E-state index in [0.717, 1.165) is 17.7 Å². The van der Waals surface area contributed by atoms with Gasteiger partial charge in [0.15, 0.2) is 0 Å². The Morgan fingerprint density at radius 3 is 2.40 bits per heavy atom. The first-order valence-corrected chi connectivity index (χ1v) is 7.96. The van der Waals surface area contributed by atoms with Crippen LogP contribution in [0.1, 0.15) is 16.7 Å². The Kier molecular flexibility index (Phi) is 6.45. The first-order valence-electron chi connectivity index (χ1n) is 7.59. The number of carbonyl (C=O) groups excluding carboxylic acids is 1. The summed E-state index contributed by atoms with van der Waals surface area (Å²) in [5.74, 6) is -0.367. The summed E-state index contributed by atoms with van der Waals surface area (Å²) in [6.45, 7) is 0.0676. The summed E-state index contributed by atoms with van der Waals surface area (Å²) in [7, 11) is 0. The van der Waals surface area contributed by atoms with Crippen LogP contribution in [0.25, 0.3) is 0 Å². The van der Waals surface area contributed by atoms with Gasteiger partial charge in [-0.2, -0.15) is 13.2 Å². The molecule has 0 radical (unpaired) electrons. The van der Waals surface area contributed by atoms with Gasteiger partial charge in [0, 0.05) is 18.1 Å². The molecule has 0 unspecified atom stereocenters. The molecule has 1 N–H and O–H groups in total. The average Bonchev–Trinajstić information content (AvgIpc) is 2.54. The number of rotatable bonds is 6. The van der Waals surface area contributed by atoms with Crippen LogP contribution in [0.5, 0.6) is 0 Å². The topological polar surface area (TPSA) is 40.5 Å². The van der Waals surface area contributed by atoms with Gasteiger partial charge in [-0.1, -0.05) is 41.9 Å². The van der Waals surface area contributed by atoms with E-state index in [1.807, 2.05) is 0 Å². The summed E-state index contributed by atoms with van der Waals surface area (Å²) in [6, 6.07) is 11.6. The molecule has 0 atom stereocenters. The van der Waals surface area contributed by atoms with Crippen molar-refractivity contribution >= 4 is 17.5 Å². The molecule has 0 aliphatic carbocycles. The molecule has 0 aliphatic heterocycles. The van der Waals surface area contributed by atoms with Gasteiger partial charge in [0.05, 0.1) is 18.6 Å². The van der Waals surface area contributed by atoms with Crippen molar-refractivity contribution in [3.8, 4) is 0 Å². The number of benzene rings is 2. The third-order valence-corrected chi connectivity index (χ3v) is 3.83. The Bertz CT molecular complexity index is 734. The molecule has 7 heteroatoms. The average molecular weight is 372 g/mol. The minimum atomic E-state index is -4.45. The maximum absolute atomic E-state index is 12.8. The van der Waals surface area contributed by atoms with Crippen LogP contribution in [0.4, 0.5) is 13.2 Å². The zero-order valence-corrected chi connectivity index (χ0v) is 14.0. The van der Waals surface area contributed by atoms with E-state index in [1.165, 1.54) is 17.0 Å². The van der Waals surface area contributed by atoms with Crippen molar-refractivity contribution in [3.63, 3.8) is 0 Å². The van der Waals surface area contributed by atoms with Gasteiger partial charge in [0.2, 0.25) is 5.91 Å². The molecule has 1 amide bonds. The highest BCUT2D eigenvalue weighted by Gasteiger charge is 2.30. The fraction of sp³-hybridized carbons (Fsp3) is 0.278. The lowest BCUT2D eigenvalue weighted by Gasteiger charge is -2.22. The number of aliphatic hydroxyl groups is 1. The first-order chi connectivity index (χ1) is 11.8. The highest BCUT2D eigenvalue weighted by atomic mass is 35.5. The molecule has 0 bridgehead atoms. The molecule has 25 heavy (non-hydrogen) atoms. The predicted molar refractivity (Wildman–Crippen MR) is 89.1 cm³/mol. The summed E-state index contributed by atoms with van der Waals surface area (Å²) in [5, 5.41) is 9.69. The van der Waals surface area contributed by atoms with E-state index in [4.69, 9.17) is 16.7 Å². The molecule has 0 spiro atoms. The minimum Gasteiger partial charge on any atom is -0.395 e. The maximum atomic E-state index is 12.8. The Hall–Kier alpha value is -2.05. The molecule has 3 nitrogen and oxygen atoms in total. The van der Waals surface area contributed by atoms with Gasteiger partial charge in [0.25, 0.3) is 0 Å². The van der Waals surface area contributed by atoms with Gasteiger partial charge in [-0.05, 0) is 29.3 Å². The van der Waals surface area contributed by atoms with E-state index in [0.29, 0.717) is 5.02 Å². The summed E-state index contributed by atoms with van der Waals surface area (Å²) in [5.41, 5.74) is 0.258. The smallest absolute Gasteiger partial charge is 0.395 e. The van der Waals surface area contributed by atoms with Gasteiger partial charge < -0.3 is 10.0 Å². The second kappa shape index (κ2) is 8.36. The Balaban J connectivity index is 2.12. The van der Waals surface area contributed by atoms with Crippen molar-refractivity contribution < 1.29 is 23.1 Å². The second-order valence-electron chi connectivity index (χ2n) is 5.54. The zero-order chi connectivity index (χ0) is 18.4. The lowest BCUT2D eigenvalue weighted by Crippen LogP contribution is -2.34. The molecule has 0 fully saturated rings. The van der Waals surface area contributed by atoms with Gasteiger partial charge in [-0.3, -0.25) is 4.79 Å². The number of alkyl halides is 3. The fourth-order valence-electron chi connectivity index (χ4n) is 2.41. The van der Waals surface area contributed by atoms with E-state index in [2.05, 4.69) is 0 Å². The maximum Gasteiger partial charge on any atom is 0.416 e. The van der Waals surface area contributed by atoms with Crippen LogP contribution in [-0.2, 0) is 23.9 Å². The standard InChI is InChI=1S/C18H17ClF3NO2/c19-16-6-2-4-14(10-16)12-23(7-8-24)17(25)11-13-3-1-5-15(9-13)18(20,21)22/h1-6,9-10,24H,7-8,11-12H2. The number of halogens is 4. The third kappa shape index (κ3) is 5.76. The van der Waals surface area contributed by atoms with Crippen molar-refractivity contribution in [2.24, 2.45) is 0 Å². The van der Waals surface area contributed by atoms with E-state index >= 15 is 0 Å². The Morgan fingerprint density at radius 2 is 1.76 bits per heavy atom. The number of nitrogens with zero attached hydrogens (tertiary/aromatic N) is 1. The number of aliphatic hydroxyl groups excluding tert-OH is 1. The monoisotopic (exact) mass is 371 g/mol. The van der Waals surface area contributed by atoms with Gasteiger partial charge in [-0.15, -0.1) is 0 Å².